The number of nitrogens with zero attached hydrogens (tertiary/aromatic N) is 3. The smallest absolute Gasteiger partial charge is 0.145 e. The number of aliphatic imine (C=N–C) groups is 1. The fraction of sp³-hybridized carbons (Fsp3) is 0.125. The van der Waals surface area contributed by atoms with Crippen molar-refractivity contribution in [3.05, 3.63) is 60.5 Å². The molecule has 0 spiro atoms. The molecular weight excluding hydrogens is 311 g/mol. The Balaban J connectivity index is 2.79. The molecule has 24 heavy (non-hydrogen) atoms. The molecule has 126 valence electrons. The van der Waals surface area contributed by atoms with Crippen molar-refractivity contribution in [1.82, 2.24) is 9.72 Å². The van der Waals surface area contributed by atoms with E-state index in [0.717, 1.165) is 0 Å². The number of nitrogens with two attached hydrogens (primary N) is 2. The summed E-state index contributed by atoms with van der Waals surface area (Å²) in [4.78, 5) is 4.37. The highest BCUT2D eigenvalue weighted by Crippen LogP contribution is 2.22. The van der Waals surface area contributed by atoms with E-state index in [9.17, 15) is 4.39 Å². The third kappa shape index (κ3) is 3.92. The molecular formula is C16H19FN6O. The van der Waals surface area contributed by atoms with Crippen LogP contribution in [0.5, 0.6) is 0 Å². The number of benzene rings is 1. The Morgan fingerprint density at radius 3 is 2.67 bits per heavy atom. The normalized spacial score (nSPS) is 12.6. The van der Waals surface area contributed by atoms with Crippen LogP contribution in [0.3, 0.4) is 0 Å². The first kappa shape index (κ1) is 17.1. The molecule has 8 heteroatoms. The predicted octanol–water partition coefficient (Wildman–Crippen LogP) is 2.43. The lowest BCUT2D eigenvalue weighted by Crippen LogP contribution is -2.11. The zero-order valence-electron chi connectivity index (χ0n) is 13.4. The first-order valence-electron chi connectivity index (χ1n) is 7.10. The van der Waals surface area contributed by atoms with Crippen molar-refractivity contribution in [2.75, 3.05) is 0 Å². The van der Waals surface area contributed by atoms with Gasteiger partial charge in [0.2, 0.25) is 0 Å². The fourth-order valence-corrected chi connectivity index (χ4v) is 2.10. The number of halogens is 1. The first-order valence-corrected chi connectivity index (χ1v) is 7.10. The molecule has 2 aromatic rings. The zero-order valence-corrected chi connectivity index (χ0v) is 13.4. The van der Waals surface area contributed by atoms with Crippen molar-refractivity contribution in [3.63, 3.8) is 0 Å². The van der Waals surface area contributed by atoms with Gasteiger partial charge in [-0.15, -0.1) is 0 Å². The summed E-state index contributed by atoms with van der Waals surface area (Å²) >= 11 is 0. The van der Waals surface area contributed by atoms with Gasteiger partial charge in [0.05, 0.1) is 11.4 Å². The van der Waals surface area contributed by atoms with Crippen LogP contribution in [0.15, 0.2) is 63.6 Å². The van der Waals surface area contributed by atoms with E-state index < -0.39 is 0 Å². The van der Waals surface area contributed by atoms with Crippen molar-refractivity contribution >= 4 is 11.5 Å². The van der Waals surface area contributed by atoms with E-state index in [0.29, 0.717) is 28.5 Å². The zero-order chi connectivity index (χ0) is 17.5. The number of aryl methyl sites for hydroxylation is 1. The lowest BCUT2D eigenvalue weighted by Gasteiger charge is -2.11. The van der Waals surface area contributed by atoms with Crippen LogP contribution in [0, 0.1) is 5.82 Å². The van der Waals surface area contributed by atoms with E-state index in [1.807, 2.05) is 7.05 Å². The Kier molecular flexibility index (Phi) is 5.56. The Morgan fingerprint density at radius 1 is 1.33 bits per heavy atom. The lowest BCUT2D eigenvalue weighted by molar-refractivity contribution is 0.408. The van der Waals surface area contributed by atoms with Crippen LogP contribution in [0.4, 0.5) is 4.39 Å². The van der Waals surface area contributed by atoms with Gasteiger partial charge in [0, 0.05) is 18.8 Å². The molecule has 0 fully saturated rings. The van der Waals surface area contributed by atoms with Crippen LogP contribution in [0.25, 0.3) is 11.3 Å². The van der Waals surface area contributed by atoms with Crippen LogP contribution < -0.4 is 11.6 Å². The Labute approximate surface area is 138 Å². The molecule has 0 atom stereocenters. The van der Waals surface area contributed by atoms with E-state index in [2.05, 4.69) is 15.3 Å². The fourth-order valence-electron chi connectivity index (χ4n) is 2.10. The molecule has 0 saturated carbocycles. The van der Waals surface area contributed by atoms with Crippen molar-refractivity contribution < 1.29 is 8.91 Å². The van der Waals surface area contributed by atoms with Gasteiger partial charge in [-0.2, -0.15) is 5.10 Å². The van der Waals surface area contributed by atoms with Gasteiger partial charge >= 0.3 is 0 Å². The molecule has 0 amide bonds. The van der Waals surface area contributed by atoms with Gasteiger partial charge in [-0.05, 0) is 43.5 Å². The van der Waals surface area contributed by atoms with Crippen molar-refractivity contribution in [1.29, 1.82) is 0 Å². The molecule has 1 aromatic heterocycles. The van der Waals surface area contributed by atoms with E-state index in [-0.39, 0.29) is 5.82 Å². The molecule has 0 aliphatic heterocycles. The number of hydrogen-bond acceptors (Lipinski definition) is 4. The van der Waals surface area contributed by atoms with Gasteiger partial charge in [-0.25, -0.2) is 14.5 Å². The molecule has 0 saturated heterocycles. The summed E-state index contributed by atoms with van der Waals surface area (Å²) in [7, 11) is 1.82. The average molecular weight is 330 g/mol. The molecule has 2 rings (SSSR count). The minimum Gasteiger partial charge on any atom is -0.405 e. The Hall–Kier alpha value is -3.29. The number of allylic oxidation sites excluding steroid dienone is 1. The number of nitrogens with one attached hydrogen (secondary N) is 1. The highest BCUT2D eigenvalue weighted by Gasteiger charge is 2.13. The topological polar surface area (TPSA) is 111 Å². The van der Waals surface area contributed by atoms with Crippen LogP contribution in [0.2, 0.25) is 0 Å². The molecule has 7 nitrogen and oxygen atoms in total. The summed E-state index contributed by atoms with van der Waals surface area (Å²) in [6.07, 6.45) is 6.16. The Morgan fingerprint density at radius 2 is 2.04 bits per heavy atom. The first-order chi connectivity index (χ1) is 11.6. The third-order valence-corrected chi connectivity index (χ3v) is 3.20. The Bertz CT molecular complexity index is 821. The monoisotopic (exact) mass is 330 g/mol. The molecule has 0 aliphatic carbocycles. The van der Waals surface area contributed by atoms with Crippen LogP contribution in [-0.2, 0) is 7.05 Å². The largest absolute Gasteiger partial charge is 0.405 e. The highest BCUT2D eigenvalue weighted by atomic mass is 19.1. The predicted molar refractivity (Wildman–Crippen MR) is 92.2 cm³/mol. The minimum absolute atomic E-state index is 0.330. The van der Waals surface area contributed by atoms with Gasteiger partial charge < -0.3 is 20.7 Å². The van der Waals surface area contributed by atoms with Crippen molar-refractivity contribution in [2.45, 2.75) is 6.92 Å². The second kappa shape index (κ2) is 7.82. The van der Waals surface area contributed by atoms with Gasteiger partial charge in [0.15, 0.2) is 0 Å². The van der Waals surface area contributed by atoms with Gasteiger partial charge in [0.1, 0.15) is 23.6 Å². The summed E-state index contributed by atoms with van der Waals surface area (Å²) in [5.74, 6) is 5.32. The summed E-state index contributed by atoms with van der Waals surface area (Å²) in [6, 6.07) is 5.99. The van der Waals surface area contributed by atoms with Crippen LogP contribution in [0.1, 0.15) is 12.6 Å². The van der Waals surface area contributed by atoms with Crippen LogP contribution >= 0.6 is 0 Å². The maximum Gasteiger partial charge on any atom is 0.145 e. The standard InChI is InChI=1S/C16H19FN6O/c1-11(21-19)20-14(7-8-18)16-15(22-24-10-9-23(16)2)12-3-5-13(17)6-4-12/h3-10,22H,18-19H2,1-2H3. The average Bonchev–Trinajstić information content (AvgIpc) is 2.76. The third-order valence-electron chi connectivity index (χ3n) is 3.20. The maximum absolute atomic E-state index is 13.2. The molecule has 5 N–H and O–H groups in total. The van der Waals surface area contributed by atoms with E-state index in [4.69, 9.17) is 16.1 Å². The minimum atomic E-state index is -0.330. The molecule has 0 bridgehead atoms. The van der Waals surface area contributed by atoms with Crippen molar-refractivity contribution in [3.8, 4) is 11.3 Å². The number of aromatic amines is 1. The highest BCUT2D eigenvalue weighted by molar-refractivity contribution is 6.15. The number of amidine groups is 1. The number of rotatable bonds is 3. The summed E-state index contributed by atoms with van der Waals surface area (Å²) in [5.41, 5.74) is 8.01. The van der Waals surface area contributed by atoms with E-state index >= 15 is 0 Å². The van der Waals surface area contributed by atoms with E-state index in [1.54, 1.807) is 35.9 Å². The van der Waals surface area contributed by atoms with Gasteiger partial charge in [0.25, 0.3) is 0 Å². The summed E-state index contributed by atoms with van der Waals surface area (Å²) in [6.45, 7) is 1.67. The summed E-state index contributed by atoms with van der Waals surface area (Å²) in [5, 5.41) is 6.39. The second-order valence-corrected chi connectivity index (χ2v) is 4.88. The quantitative estimate of drug-likeness (QED) is 0.348. The second-order valence-electron chi connectivity index (χ2n) is 4.88. The molecule has 1 heterocycles. The number of aromatic nitrogens is 2. The van der Waals surface area contributed by atoms with Gasteiger partial charge in [-0.3, -0.25) is 0 Å². The SMILES string of the molecule is CC(=NN)N=C(C=CN)c1c(-c2ccc(F)cc2)[nH]occn1C. The number of hydrazone groups is 1. The number of H-pyrrole nitrogens is 1. The summed E-state index contributed by atoms with van der Waals surface area (Å²) < 4.78 is 20.3. The van der Waals surface area contributed by atoms with Crippen molar-refractivity contribution in [2.24, 2.45) is 28.7 Å². The van der Waals surface area contributed by atoms with E-state index in [1.165, 1.54) is 24.6 Å². The van der Waals surface area contributed by atoms with Crippen LogP contribution in [-0.4, -0.2) is 21.3 Å². The molecule has 0 radical (unpaired) electrons. The molecule has 0 unspecified atom stereocenters. The van der Waals surface area contributed by atoms with Gasteiger partial charge in [-0.1, -0.05) is 0 Å². The molecule has 0 aliphatic rings. The lowest BCUT2D eigenvalue weighted by atomic mass is 10.1. The number of hydrogen-bond donors (Lipinski definition) is 3. The maximum atomic E-state index is 13.2. The molecule has 1 aromatic carbocycles.